The molecule has 0 saturated carbocycles. The highest BCUT2D eigenvalue weighted by atomic mass is 15.3. The van der Waals surface area contributed by atoms with Gasteiger partial charge in [0, 0.05) is 18.7 Å². The molecule has 1 unspecified atom stereocenters. The predicted octanol–water partition coefficient (Wildman–Crippen LogP) is 2.29. The van der Waals surface area contributed by atoms with E-state index in [-0.39, 0.29) is 6.04 Å². The molecule has 17 heavy (non-hydrogen) atoms. The Morgan fingerprint density at radius 3 is 2.53 bits per heavy atom. The Morgan fingerprint density at radius 1 is 1.29 bits per heavy atom. The molecule has 3 heteroatoms. The van der Waals surface area contributed by atoms with E-state index in [1.165, 1.54) is 22.4 Å². The lowest BCUT2D eigenvalue weighted by Crippen LogP contribution is -2.18. The van der Waals surface area contributed by atoms with E-state index in [1.54, 1.807) is 0 Å². The van der Waals surface area contributed by atoms with Crippen LogP contribution in [-0.4, -0.2) is 15.8 Å². The van der Waals surface area contributed by atoms with Gasteiger partial charge in [0.25, 0.3) is 0 Å². The van der Waals surface area contributed by atoms with Crippen molar-refractivity contribution in [3.05, 3.63) is 41.6 Å². The highest BCUT2D eigenvalue weighted by Crippen LogP contribution is 2.24. The smallest absolute Gasteiger partial charge is 0.0711 e. The SMILES string of the molecule is Cc1ccc(-c2c(CC(C)N)cnn2C)cc1. The molecule has 1 aromatic heterocycles. The molecule has 3 nitrogen and oxygen atoms in total. The number of hydrogen-bond acceptors (Lipinski definition) is 2. The summed E-state index contributed by atoms with van der Waals surface area (Å²) in [5.74, 6) is 0. The minimum atomic E-state index is 0.156. The van der Waals surface area contributed by atoms with Gasteiger partial charge in [0.05, 0.1) is 11.9 Å². The number of aryl methyl sites for hydroxylation is 2. The molecule has 0 bridgehead atoms. The Labute approximate surface area is 102 Å². The van der Waals surface area contributed by atoms with Crippen LogP contribution in [0.25, 0.3) is 11.3 Å². The lowest BCUT2D eigenvalue weighted by Gasteiger charge is -2.08. The second kappa shape index (κ2) is 4.72. The Balaban J connectivity index is 2.43. The van der Waals surface area contributed by atoms with Crippen molar-refractivity contribution in [1.29, 1.82) is 0 Å². The van der Waals surface area contributed by atoms with Crippen LogP contribution in [0.1, 0.15) is 18.1 Å². The molecule has 0 amide bonds. The zero-order chi connectivity index (χ0) is 12.4. The quantitative estimate of drug-likeness (QED) is 0.877. The average Bonchev–Trinajstić information content (AvgIpc) is 2.61. The van der Waals surface area contributed by atoms with Gasteiger partial charge >= 0.3 is 0 Å². The Kier molecular flexibility index (Phi) is 3.29. The van der Waals surface area contributed by atoms with Crippen LogP contribution in [0, 0.1) is 6.92 Å². The molecule has 1 atom stereocenters. The summed E-state index contributed by atoms with van der Waals surface area (Å²) in [7, 11) is 1.97. The molecular formula is C14H19N3. The lowest BCUT2D eigenvalue weighted by molar-refractivity contribution is 0.737. The van der Waals surface area contributed by atoms with Crippen LogP contribution in [0.4, 0.5) is 0 Å². The fourth-order valence-electron chi connectivity index (χ4n) is 2.06. The van der Waals surface area contributed by atoms with E-state index in [9.17, 15) is 0 Å². The molecule has 0 aliphatic rings. The van der Waals surface area contributed by atoms with Gasteiger partial charge in [-0.25, -0.2) is 0 Å². The zero-order valence-corrected chi connectivity index (χ0v) is 10.6. The van der Waals surface area contributed by atoms with E-state index in [1.807, 2.05) is 24.9 Å². The average molecular weight is 229 g/mol. The molecule has 0 aliphatic heterocycles. The van der Waals surface area contributed by atoms with Gasteiger partial charge in [-0.05, 0) is 25.8 Å². The van der Waals surface area contributed by atoms with Crippen LogP contribution in [0.2, 0.25) is 0 Å². The fourth-order valence-corrected chi connectivity index (χ4v) is 2.06. The van der Waals surface area contributed by atoms with E-state index in [0.717, 1.165) is 6.42 Å². The van der Waals surface area contributed by atoms with Gasteiger partial charge in [-0.1, -0.05) is 29.8 Å². The zero-order valence-electron chi connectivity index (χ0n) is 10.6. The summed E-state index contributed by atoms with van der Waals surface area (Å²) in [5, 5.41) is 4.33. The molecule has 2 rings (SSSR count). The maximum Gasteiger partial charge on any atom is 0.0711 e. The van der Waals surface area contributed by atoms with E-state index < -0.39 is 0 Å². The molecule has 2 N–H and O–H groups in total. The number of nitrogens with zero attached hydrogens (tertiary/aromatic N) is 2. The summed E-state index contributed by atoms with van der Waals surface area (Å²) in [6.07, 6.45) is 2.77. The summed E-state index contributed by atoms with van der Waals surface area (Å²) in [4.78, 5) is 0. The van der Waals surface area contributed by atoms with Gasteiger partial charge in [-0.2, -0.15) is 5.10 Å². The number of benzene rings is 1. The van der Waals surface area contributed by atoms with Crippen LogP contribution in [0.15, 0.2) is 30.5 Å². The van der Waals surface area contributed by atoms with Crippen LogP contribution in [0.5, 0.6) is 0 Å². The maximum absolute atomic E-state index is 5.87. The molecule has 0 aliphatic carbocycles. The first-order chi connectivity index (χ1) is 8.08. The highest BCUT2D eigenvalue weighted by Gasteiger charge is 2.11. The minimum absolute atomic E-state index is 0.156. The summed E-state index contributed by atoms with van der Waals surface area (Å²) >= 11 is 0. The summed E-state index contributed by atoms with van der Waals surface area (Å²) in [5.41, 5.74) is 10.7. The molecule has 0 fully saturated rings. The van der Waals surface area contributed by atoms with Crippen LogP contribution < -0.4 is 5.73 Å². The minimum Gasteiger partial charge on any atom is -0.328 e. The molecule has 90 valence electrons. The third kappa shape index (κ3) is 2.56. The third-order valence-electron chi connectivity index (χ3n) is 2.88. The number of rotatable bonds is 3. The Hall–Kier alpha value is -1.61. The maximum atomic E-state index is 5.87. The second-order valence-electron chi connectivity index (χ2n) is 4.69. The molecule has 0 saturated heterocycles. The van der Waals surface area contributed by atoms with Gasteiger partial charge in [-0.3, -0.25) is 4.68 Å². The first kappa shape index (κ1) is 11.9. The number of aromatic nitrogens is 2. The van der Waals surface area contributed by atoms with Crippen molar-refractivity contribution < 1.29 is 0 Å². The van der Waals surface area contributed by atoms with Crippen LogP contribution in [0.3, 0.4) is 0 Å². The Bertz CT molecular complexity index is 495. The number of nitrogens with two attached hydrogens (primary N) is 1. The molecule has 1 aromatic carbocycles. The van der Waals surface area contributed by atoms with Crippen LogP contribution in [-0.2, 0) is 13.5 Å². The van der Waals surface area contributed by atoms with Crippen molar-refractivity contribution in [1.82, 2.24) is 9.78 Å². The van der Waals surface area contributed by atoms with Gasteiger partial charge in [0.15, 0.2) is 0 Å². The van der Waals surface area contributed by atoms with Gasteiger partial charge in [0.2, 0.25) is 0 Å². The molecule has 1 heterocycles. The molecule has 0 radical (unpaired) electrons. The monoisotopic (exact) mass is 229 g/mol. The van der Waals surface area contributed by atoms with Crippen LogP contribution >= 0.6 is 0 Å². The topological polar surface area (TPSA) is 43.8 Å². The van der Waals surface area contributed by atoms with E-state index in [4.69, 9.17) is 5.73 Å². The summed E-state index contributed by atoms with van der Waals surface area (Å²) in [6.45, 7) is 4.11. The summed E-state index contributed by atoms with van der Waals surface area (Å²) < 4.78 is 1.92. The van der Waals surface area contributed by atoms with Crippen molar-refractivity contribution in [2.75, 3.05) is 0 Å². The Morgan fingerprint density at radius 2 is 1.94 bits per heavy atom. The summed E-state index contributed by atoms with van der Waals surface area (Å²) in [6, 6.07) is 8.67. The van der Waals surface area contributed by atoms with E-state index in [0.29, 0.717) is 0 Å². The first-order valence-corrected chi connectivity index (χ1v) is 5.91. The van der Waals surface area contributed by atoms with Gasteiger partial charge < -0.3 is 5.73 Å². The number of hydrogen-bond donors (Lipinski definition) is 1. The van der Waals surface area contributed by atoms with Crippen molar-refractivity contribution >= 4 is 0 Å². The first-order valence-electron chi connectivity index (χ1n) is 5.91. The van der Waals surface area contributed by atoms with Crippen molar-refractivity contribution in [2.24, 2.45) is 12.8 Å². The second-order valence-corrected chi connectivity index (χ2v) is 4.69. The standard InChI is InChI=1S/C14H19N3/c1-10-4-6-12(7-5-10)14-13(8-11(2)15)9-16-17(14)3/h4-7,9,11H,8,15H2,1-3H3. The van der Waals surface area contributed by atoms with Gasteiger partial charge in [-0.15, -0.1) is 0 Å². The van der Waals surface area contributed by atoms with E-state index in [2.05, 4.69) is 36.3 Å². The third-order valence-corrected chi connectivity index (χ3v) is 2.88. The highest BCUT2D eigenvalue weighted by molar-refractivity contribution is 5.63. The predicted molar refractivity (Wildman–Crippen MR) is 70.7 cm³/mol. The molecular weight excluding hydrogens is 210 g/mol. The lowest BCUT2D eigenvalue weighted by atomic mass is 10.0. The van der Waals surface area contributed by atoms with E-state index >= 15 is 0 Å². The van der Waals surface area contributed by atoms with Crippen molar-refractivity contribution in [3.63, 3.8) is 0 Å². The fraction of sp³-hybridized carbons (Fsp3) is 0.357. The van der Waals surface area contributed by atoms with Crippen molar-refractivity contribution in [3.8, 4) is 11.3 Å². The largest absolute Gasteiger partial charge is 0.328 e. The molecule has 0 spiro atoms. The molecule has 2 aromatic rings. The normalized spacial score (nSPS) is 12.7. The van der Waals surface area contributed by atoms with Crippen molar-refractivity contribution in [2.45, 2.75) is 26.3 Å². The van der Waals surface area contributed by atoms with Gasteiger partial charge in [0.1, 0.15) is 0 Å².